The van der Waals surface area contributed by atoms with Gasteiger partial charge in [0.25, 0.3) is 11.8 Å². The standard InChI is InChI=1S/C25H35NO5/c27-23-15-16-24(28)26(23)31-25-10-6-9-22(30-25)18-29-17-19-11-13-21(14-12-19)20-7-4-2-1-3-5-8-20/h11-14,20,22,25H,1-10,15-18H2. The van der Waals surface area contributed by atoms with Crippen LogP contribution in [0.25, 0.3) is 0 Å². The van der Waals surface area contributed by atoms with Crippen LogP contribution in [0.4, 0.5) is 0 Å². The summed E-state index contributed by atoms with van der Waals surface area (Å²) in [5.74, 6) is 0.141. The number of imide groups is 1. The highest BCUT2D eigenvalue weighted by atomic mass is 16.8. The van der Waals surface area contributed by atoms with Crippen LogP contribution in [0.2, 0.25) is 0 Å². The zero-order valence-corrected chi connectivity index (χ0v) is 18.4. The Hall–Kier alpha value is -1.76. The molecule has 0 spiro atoms. The Bertz CT molecular complexity index is 710. The van der Waals surface area contributed by atoms with E-state index < -0.39 is 6.29 Å². The summed E-state index contributed by atoms with van der Waals surface area (Å²) in [5, 5.41) is 0.880. The lowest BCUT2D eigenvalue weighted by Gasteiger charge is -2.31. The monoisotopic (exact) mass is 429 g/mol. The summed E-state index contributed by atoms with van der Waals surface area (Å²) < 4.78 is 11.8. The number of hydrogen-bond donors (Lipinski definition) is 0. The predicted molar refractivity (Wildman–Crippen MR) is 116 cm³/mol. The first-order chi connectivity index (χ1) is 15.2. The Balaban J connectivity index is 1.20. The van der Waals surface area contributed by atoms with Crippen LogP contribution in [0.3, 0.4) is 0 Å². The van der Waals surface area contributed by atoms with Crippen LogP contribution in [0.15, 0.2) is 24.3 Å². The average Bonchev–Trinajstić information content (AvgIpc) is 3.07. The summed E-state index contributed by atoms with van der Waals surface area (Å²) in [7, 11) is 0. The molecule has 0 N–H and O–H groups in total. The van der Waals surface area contributed by atoms with E-state index >= 15 is 0 Å². The second-order valence-electron chi connectivity index (χ2n) is 9.10. The number of carbonyl (C=O) groups excluding carboxylic acids is 2. The van der Waals surface area contributed by atoms with Gasteiger partial charge in [-0.1, -0.05) is 56.4 Å². The molecule has 2 atom stereocenters. The number of carbonyl (C=O) groups is 2. The number of hydroxylamine groups is 2. The van der Waals surface area contributed by atoms with E-state index in [0.717, 1.165) is 17.9 Å². The fourth-order valence-electron chi connectivity index (χ4n) is 4.84. The van der Waals surface area contributed by atoms with Crippen molar-refractivity contribution < 1.29 is 23.9 Å². The minimum absolute atomic E-state index is 0.0826. The second-order valence-corrected chi connectivity index (χ2v) is 9.10. The Morgan fingerprint density at radius 2 is 1.52 bits per heavy atom. The van der Waals surface area contributed by atoms with Gasteiger partial charge in [0.05, 0.1) is 19.3 Å². The van der Waals surface area contributed by atoms with Gasteiger partial charge < -0.3 is 9.47 Å². The van der Waals surface area contributed by atoms with Crippen LogP contribution in [0, 0.1) is 0 Å². The molecule has 0 aromatic heterocycles. The van der Waals surface area contributed by atoms with Gasteiger partial charge in [0.2, 0.25) is 0 Å². The highest BCUT2D eigenvalue weighted by molar-refractivity contribution is 6.00. The molecule has 0 radical (unpaired) electrons. The Morgan fingerprint density at radius 1 is 0.839 bits per heavy atom. The first-order valence-electron chi connectivity index (χ1n) is 12.0. The third-order valence-electron chi connectivity index (χ3n) is 6.67. The molecule has 2 amide bonds. The normalized spacial score (nSPS) is 26.1. The topological polar surface area (TPSA) is 65.1 Å². The number of hydrogen-bond acceptors (Lipinski definition) is 5. The van der Waals surface area contributed by atoms with Crippen molar-refractivity contribution in [2.75, 3.05) is 6.61 Å². The molecular weight excluding hydrogens is 394 g/mol. The molecule has 1 aromatic carbocycles. The summed E-state index contributed by atoms with van der Waals surface area (Å²) in [6.07, 6.45) is 11.8. The van der Waals surface area contributed by atoms with Crippen molar-refractivity contribution in [3.8, 4) is 0 Å². The fraction of sp³-hybridized carbons (Fsp3) is 0.680. The summed E-state index contributed by atoms with van der Waals surface area (Å²) in [5.41, 5.74) is 2.64. The molecule has 1 aliphatic carbocycles. The van der Waals surface area contributed by atoms with E-state index in [1.807, 2.05) is 0 Å². The largest absolute Gasteiger partial charge is 0.374 e. The maximum atomic E-state index is 11.7. The summed E-state index contributed by atoms with van der Waals surface area (Å²) in [4.78, 5) is 29.0. The Kier molecular flexibility index (Phi) is 8.11. The number of nitrogens with zero attached hydrogens (tertiary/aromatic N) is 1. The van der Waals surface area contributed by atoms with E-state index in [1.54, 1.807) is 0 Å². The fourth-order valence-corrected chi connectivity index (χ4v) is 4.84. The first-order valence-corrected chi connectivity index (χ1v) is 12.0. The van der Waals surface area contributed by atoms with E-state index in [2.05, 4.69) is 24.3 Å². The van der Waals surface area contributed by atoms with Gasteiger partial charge in [-0.2, -0.15) is 5.06 Å². The molecule has 2 unspecified atom stereocenters. The predicted octanol–water partition coefficient (Wildman–Crippen LogP) is 5.01. The highest BCUT2D eigenvalue weighted by Gasteiger charge is 2.34. The van der Waals surface area contributed by atoms with Crippen molar-refractivity contribution >= 4 is 11.8 Å². The van der Waals surface area contributed by atoms with Crippen molar-refractivity contribution in [1.29, 1.82) is 0 Å². The molecule has 3 fully saturated rings. The lowest BCUT2D eigenvalue weighted by atomic mass is 9.86. The molecule has 170 valence electrons. The van der Waals surface area contributed by atoms with Crippen molar-refractivity contribution in [1.82, 2.24) is 5.06 Å². The van der Waals surface area contributed by atoms with Crippen LogP contribution in [-0.4, -0.2) is 35.9 Å². The van der Waals surface area contributed by atoms with Gasteiger partial charge in [-0.3, -0.25) is 9.59 Å². The van der Waals surface area contributed by atoms with Gasteiger partial charge in [-0.05, 0) is 42.7 Å². The maximum absolute atomic E-state index is 11.7. The SMILES string of the molecule is O=C1CCC(=O)N1OC1CCCC(COCc2ccc(C3CCCCCCC3)cc2)O1. The smallest absolute Gasteiger partial charge is 0.254 e. The summed E-state index contributed by atoms with van der Waals surface area (Å²) >= 11 is 0. The van der Waals surface area contributed by atoms with E-state index in [4.69, 9.17) is 14.3 Å². The highest BCUT2D eigenvalue weighted by Crippen LogP contribution is 2.31. The summed E-state index contributed by atoms with van der Waals surface area (Å²) in [6, 6.07) is 8.92. The minimum Gasteiger partial charge on any atom is -0.374 e. The van der Waals surface area contributed by atoms with Crippen molar-refractivity contribution in [3.63, 3.8) is 0 Å². The lowest BCUT2D eigenvalue weighted by molar-refractivity contribution is -0.285. The lowest BCUT2D eigenvalue weighted by Crippen LogP contribution is -2.40. The minimum atomic E-state index is -0.559. The molecule has 4 rings (SSSR count). The van der Waals surface area contributed by atoms with Gasteiger partial charge >= 0.3 is 0 Å². The van der Waals surface area contributed by atoms with E-state index in [-0.39, 0.29) is 30.8 Å². The second kappa shape index (κ2) is 11.2. The van der Waals surface area contributed by atoms with Gasteiger partial charge in [0.15, 0.2) is 6.29 Å². The first kappa shape index (κ1) is 22.4. The Morgan fingerprint density at radius 3 is 2.23 bits per heavy atom. The van der Waals surface area contributed by atoms with Crippen LogP contribution in [-0.2, 0) is 30.5 Å². The van der Waals surface area contributed by atoms with Crippen molar-refractivity contribution in [3.05, 3.63) is 35.4 Å². The molecule has 31 heavy (non-hydrogen) atoms. The van der Waals surface area contributed by atoms with Crippen molar-refractivity contribution in [2.45, 2.75) is 102 Å². The molecule has 6 nitrogen and oxygen atoms in total. The van der Waals surface area contributed by atoms with Crippen LogP contribution in [0.5, 0.6) is 0 Å². The molecule has 2 heterocycles. The molecule has 2 aliphatic heterocycles. The van der Waals surface area contributed by atoms with Crippen LogP contribution < -0.4 is 0 Å². The van der Waals surface area contributed by atoms with Crippen LogP contribution >= 0.6 is 0 Å². The number of benzene rings is 1. The van der Waals surface area contributed by atoms with Gasteiger partial charge in [-0.25, -0.2) is 4.84 Å². The summed E-state index contributed by atoms with van der Waals surface area (Å²) in [6.45, 7) is 1.03. The third kappa shape index (κ3) is 6.37. The maximum Gasteiger partial charge on any atom is 0.254 e. The van der Waals surface area contributed by atoms with Crippen LogP contribution in [0.1, 0.15) is 94.1 Å². The van der Waals surface area contributed by atoms with E-state index in [1.165, 1.54) is 56.1 Å². The average molecular weight is 430 g/mol. The van der Waals surface area contributed by atoms with Gasteiger partial charge in [-0.15, -0.1) is 0 Å². The molecule has 1 saturated carbocycles. The number of rotatable bonds is 7. The number of amides is 2. The molecule has 6 heteroatoms. The van der Waals surface area contributed by atoms with Gasteiger partial charge in [0, 0.05) is 19.3 Å². The zero-order chi connectivity index (χ0) is 21.5. The molecular formula is C25H35NO5. The van der Waals surface area contributed by atoms with E-state index in [0.29, 0.717) is 25.6 Å². The van der Waals surface area contributed by atoms with Crippen molar-refractivity contribution in [2.24, 2.45) is 0 Å². The quantitative estimate of drug-likeness (QED) is 0.570. The molecule has 1 aromatic rings. The molecule has 0 bridgehead atoms. The molecule has 2 saturated heterocycles. The van der Waals surface area contributed by atoms with Gasteiger partial charge in [0.1, 0.15) is 0 Å². The zero-order valence-electron chi connectivity index (χ0n) is 18.4. The third-order valence-corrected chi connectivity index (χ3v) is 6.67. The number of ether oxygens (including phenoxy) is 2. The molecule has 3 aliphatic rings. The van der Waals surface area contributed by atoms with E-state index in [9.17, 15) is 9.59 Å². The Labute approximate surface area is 185 Å².